The van der Waals surface area contributed by atoms with E-state index >= 15 is 0 Å². The highest BCUT2D eigenvalue weighted by Gasteiger charge is 2.11. The van der Waals surface area contributed by atoms with Crippen LogP contribution < -0.4 is 5.32 Å². The van der Waals surface area contributed by atoms with Crippen molar-refractivity contribution < 1.29 is 9.18 Å². The summed E-state index contributed by atoms with van der Waals surface area (Å²) in [4.78, 5) is 15.5. The number of fused-ring (bicyclic) bond motifs is 1. The van der Waals surface area contributed by atoms with Crippen molar-refractivity contribution in [1.82, 2.24) is 14.9 Å². The number of nitrogens with zero attached hydrogens (tertiary/aromatic N) is 2. The molecule has 0 saturated carbocycles. The minimum atomic E-state index is -0.334. The van der Waals surface area contributed by atoms with Gasteiger partial charge >= 0.3 is 0 Å². The first-order valence-corrected chi connectivity index (χ1v) is 6.10. The number of carbonyl (C=O) groups is 1. The minimum absolute atomic E-state index is 0.0560. The molecule has 96 valence electrons. The van der Waals surface area contributed by atoms with Gasteiger partial charge in [-0.2, -0.15) is 0 Å². The van der Waals surface area contributed by atoms with Gasteiger partial charge in [0.2, 0.25) is 5.91 Å². The zero-order chi connectivity index (χ0) is 13.1. The van der Waals surface area contributed by atoms with Crippen molar-refractivity contribution in [3.05, 3.63) is 29.8 Å². The summed E-state index contributed by atoms with van der Waals surface area (Å²) in [6.45, 7) is 0.476. The van der Waals surface area contributed by atoms with Gasteiger partial charge < -0.3 is 9.88 Å². The van der Waals surface area contributed by atoms with Crippen LogP contribution in [0, 0.1) is 5.82 Å². The van der Waals surface area contributed by atoms with Gasteiger partial charge in [-0.3, -0.25) is 4.79 Å². The first kappa shape index (κ1) is 12.8. The number of alkyl halides is 1. The summed E-state index contributed by atoms with van der Waals surface area (Å²) in [7, 11) is 1.59. The summed E-state index contributed by atoms with van der Waals surface area (Å²) in [5.74, 6) is 0.476. The number of benzene rings is 1. The zero-order valence-electron chi connectivity index (χ0n) is 9.91. The summed E-state index contributed by atoms with van der Waals surface area (Å²) in [6, 6.07) is 4.39. The molecule has 2 aromatic rings. The maximum Gasteiger partial charge on any atom is 0.221 e. The monoisotopic (exact) mass is 269 g/mol. The van der Waals surface area contributed by atoms with Crippen molar-refractivity contribution in [2.24, 2.45) is 0 Å². The summed E-state index contributed by atoms with van der Waals surface area (Å²) >= 11 is 5.81. The van der Waals surface area contributed by atoms with Crippen LogP contribution in [0.25, 0.3) is 11.0 Å². The van der Waals surface area contributed by atoms with Crippen LogP contribution in [0.15, 0.2) is 18.2 Å². The van der Waals surface area contributed by atoms with Gasteiger partial charge in [-0.05, 0) is 12.1 Å². The van der Waals surface area contributed by atoms with Crippen molar-refractivity contribution in [3.8, 4) is 0 Å². The van der Waals surface area contributed by atoms with Crippen LogP contribution >= 0.6 is 11.6 Å². The van der Waals surface area contributed by atoms with Crippen molar-refractivity contribution in [2.75, 3.05) is 7.05 Å². The number of hydrogen-bond donors (Lipinski definition) is 1. The fourth-order valence-corrected chi connectivity index (χ4v) is 2.05. The lowest BCUT2D eigenvalue weighted by Crippen LogP contribution is -2.19. The maximum absolute atomic E-state index is 13.1. The van der Waals surface area contributed by atoms with Crippen molar-refractivity contribution in [2.45, 2.75) is 18.8 Å². The van der Waals surface area contributed by atoms with E-state index in [0.717, 1.165) is 5.52 Å². The fraction of sp³-hybridized carbons (Fsp3) is 0.333. The van der Waals surface area contributed by atoms with Crippen LogP contribution in [-0.4, -0.2) is 22.5 Å². The minimum Gasteiger partial charge on any atom is -0.359 e. The Kier molecular flexibility index (Phi) is 3.81. The number of hydrogen-bond acceptors (Lipinski definition) is 2. The Morgan fingerprint density at radius 2 is 2.33 bits per heavy atom. The molecule has 1 aromatic carbocycles. The number of amides is 1. The molecule has 2 rings (SSSR count). The second-order valence-electron chi connectivity index (χ2n) is 3.87. The molecule has 1 amide bonds. The molecule has 4 nitrogen and oxygen atoms in total. The summed E-state index contributed by atoms with van der Waals surface area (Å²) in [5.41, 5.74) is 1.35. The smallest absolute Gasteiger partial charge is 0.221 e. The predicted octanol–water partition coefficient (Wildman–Crippen LogP) is 2.05. The van der Waals surface area contributed by atoms with Crippen LogP contribution in [0.3, 0.4) is 0 Å². The number of imidazole rings is 1. The molecule has 18 heavy (non-hydrogen) atoms. The molecule has 0 aliphatic carbocycles. The van der Waals surface area contributed by atoms with Crippen LogP contribution in [0.1, 0.15) is 12.2 Å². The maximum atomic E-state index is 13.1. The molecular formula is C12H13ClFN3O. The average Bonchev–Trinajstić information content (AvgIpc) is 2.72. The lowest BCUT2D eigenvalue weighted by atomic mass is 10.3. The van der Waals surface area contributed by atoms with Crippen LogP contribution in [0.2, 0.25) is 0 Å². The first-order valence-electron chi connectivity index (χ1n) is 5.57. The Balaban J connectivity index is 2.37. The van der Waals surface area contributed by atoms with E-state index in [1.54, 1.807) is 13.1 Å². The Labute approximate surface area is 109 Å². The van der Waals surface area contributed by atoms with E-state index in [1.807, 2.05) is 4.57 Å². The highest BCUT2D eigenvalue weighted by molar-refractivity contribution is 6.16. The van der Waals surface area contributed by atoms with Gasteiger partial charge in [-0.25, -0.2) is 9.37 Å². The number of halogens is 2. The molecule has 1 N–H and O–H groups in total. The molecule has 1 aromatic heterocycles. The lowest BCUT2D eigenvalue weighted by molar-refractivity contribution is -0.120. The standard InChI is InChI=1S/C12H13ClFN3O/c1-15-12(18)4-5-17-10-3-2-8(14)6-9(10)16-11(17)7-13/h2-3,6H,4-5,7H2,1H3,(H,15,18). The second kappa shape index (κ2) is 5.35. The van der Waals surface area contributed by atoms with Crippen molar-refractivity contribution in [1.29, 1.82) is 0 Å². The predicted molar refractivity (Wildman–Crippen MR) is 67.9 cm³/mol. The molecule has 0 saturated heterocycles. The normalized spacial score (nSPS) is 10.8. The molecule has 0 bridgehead atoms. The van der Waals surface area contributed by atoms with Gasteiger partial charge in [0.05, 0.1) is 16.9 Å². The third kappa shape index (κ3) is 2.46. The van der Waals surface area contributed by atoms with Crippen molar-refractivity contribution in [3.63, 3.8) is 0 Å². The third-order valence-corrected chi connectivity index (χ3v) is 2.99. The highest BCUT2D eigenvalue weighted by atomic mass is 35.5. The second-order valence-corrected chi connectivity index (χ2v) is 4.14. The number of rotatable bonds is 4. The molecule has 1 heterocycles. The average molecular weight is 270 g/mol. The molecule has 0 aliphatic rings. The first-order chi connectivity index (χ1) is 8.65. The van der Waals surface area contributed by atoms with E-state index in [1.165, 1.54) is 12.1 Å². The van der Waals surface area contributed by atoms with E-state index in [2.05, 4.69) is 10.3 Å². The van der Waals surface area contributed by atoms with Crippen LogP contribution in [-0.2, 0) is 17.2 Å². The lowest BCUT2D eigenvalue weighted by Gasteiger charge is -2.06. The fourth-order valence-electron chi connectivity index (χ4n) is 1.84. The summed E-state index contributed by atoms with van der Waals surface area (Å²) < 4.78 is 14.9. The van der Waals surface area contributed by atoms with Gasteiger partial charge in [0.15, 0.2) is 0 Å². The Morgan fingerprint density at radius 3 is 3.00 bits per heavy atom. The van der Waals surface area contributed by atoms with Gasteiger partial charge in [0.1, 0.15) is 11.6 Å². The number of aryl methyl sites for hydroxylation is 1. The Morgan fingerprint density at radius 1 is 1.56 bits per heavy atom. The molecular weight excluding hydrogens is 257 g/mol. The Bertz CT molecular complexity index is 582. The van der Waals surface area contributed by atoms with E-state index in [4.69, 9.17) is 11.6 Å². The van der Waals surface area contributed by atoms with Crippen molar-refractivity contribution >= 4 is 28.5 Å². The largest absolute Gasteiger partial charge is 0.359 e. The van der Waals surface area contributed by atoms with Gasteiger partial charge in [0.25, 0.3) is 0 Å². The molecule has 0 aliphatic heterocycles. The highest BCUT2D eigenvalue weighted by Crippen LogP contribution is 2.19. The van der Waals surface area contributed by atoms with Crippen LogP contribution in [0.4, 0.5) is 4.39 Å². The van der Waals surface area contributed by atoms with E-state index in [-0.39, 0.29) is 17.6 Å². The van der Waals surface area contributed by atoms with E-state index in [9.17, 15) is 9.18 Å². The summed E-state index contributed by atoms with van der Waals surface area (Å²) in [6.07, 6.45) is 0.337. The number of aromatic nitrogens is 2. The molecule has 0 atom stereocenters. The quantitative estimate of drug-likeness (QED) is 0.864. The Hall–Kier alpha value is -1.62. The molecule has 6 heteroatoms. The summed E-state index contributed by atoms with van der Waals surface area (Å²) in [5, 5.41) is 2.56. The SMILES string of the molecule is CNC(=O)CCn1c(CCl)nc2cc(F)ccc21. The molecule has 0 spiro atoms. The van der Waals surface area contributed by atoms with Gasteiger partial charge in [-0.15, -0.1) is 11.6 Å². The van der Waals surface area contributed by atoms with Gasteiger partial charge in [-0.1, -0.05) is 0 Å². The topological polar surface area (TPSA) is 46.9 Å². The number of nitrogens with one attached hydrogen (secondary N) is 1. The molecule has 0 radical (unpaired) electrons. The number of carbonyl (C=O) groups excluding carboxylic acids is 1. The van der Waals surface area contributed by atoms with Crippen LogP contribution in [0.5, 0.6) is 0 Å². The van der Waals surface area contributed by atoms with E-state index in [0.29, 0.717) is 24.3 Å². The van der Waals surface area contributed by atoms with E-state index < -0.39 is 0 Å². The molecule has 0 fully saturated rings. The zero-order valence-corrected chi connectivity index (χ0v) is 10.7. The third-order valence-electron chi connectivity index (χ3n) is 2.75. The molecule has 0 unspecified atom stereocenters. The van der Waals surface area contributed by atoms with Gasteiger partial charge in [0, 0.05) is 26.1 Å².